The van der Waals surface area contributed by atoms with E-state index < -0.39 is 0 Å². The van der Waals surface area contributed by atoms with E-state index in [1.807, 2.05) is 24.3 Å². The molecule has 0 spiro atoms. The van der Waals surface area contributed by atoms with Crippen LogP contribution >= 0.6 is 35.0 Å². The molecule has 7 nitrogen and oxygen atoms in total. The molecule has 1 saturated heterocycles. The molecular weight excluding hydrogens is 471 g/mol. The third-order valence-electron chi connectivity index (χ3n) is 5.00. The molecule has 0 bridgehead atoms. The van der Waals surface area contributed by atoms with Gasteiger partial charge in [-0.1, -0.05) is 28.4 Å². The summed E-state index contributed by atoms with van der Waals surface area (Å²) in [6.07, 6.45) is 0. The van der Waals surface area contributed by atoms with Crippen molar-refractivity contribution in [3.63, 3.8) is 0 Å². The number of carbonyl (C=O) groups excluding carboxylic acids is 2. The van der Waals surface area contributed by atoms with E-state index in [4.69, 9.17) is 27.7 Å². The third-order valence-corrected chi connectivity index (χ3v) is 6.43. The number of carbonyl (C=O) groups is 2. The van der Waals surface area contributed by atoms with Gasteiger partial charge in [0, 0.05) is 52.2 Å². The van der Waals surface area contributed by atoms with Crippen LogP contribution in [0.15, 0.2) is 51.9 Å². The Morgan fingerprint density at radius 3 is 2.03 bits per heavy atom. The van der Waals surface area contributed by atoms with E-state index in [0.717, 1.165) is 4.90 Å². The number of halogens is 2. The van der Waals surface area contributed by atoms with E-state index in [1.54, 1.807) is 46.7 Å². The average Bonchev–Trinajstić information content (AvgIpc) is 3.21. The lowest BCUT2D eigenvalue weighted by molar-refractivity contribution is 0.0535. The largest absolute Gasteiger partial charge is 0.338 e. The van der Waals surface area contributed by atoms with Crippen molar-refractivity contribution in [1.29, 1.82) is 0 Å². The molecule has 1 aliphatic rings. The summed E-state index contributed by atoms with van der Waals surface area (Å²) in [6, 6.07) is 12.2. The lowest BCUT2D eigenvalue weighted by Gasteiger charge is -2.35. The number of piperazine rings is 1. The van der Waals surface area contributed by atoms with E-state index in [1.165, 1.54) is 0 Å². The second-order valence-electron chi connectivity index (χ2n) is 7.29. The summed E-state index contributed by atoms with van der Waals surface area (Å²) >= 11 is 13.6. The van der Waals surface area contributed by atoms with Gasteiger partial charge in [-0.15, -0.1) is 11.8 Å². The number of hydrogen-bond donors (Lipinski definition) is 0. The molecule has 166 valence electrons. The summed E-state index contributed by atoms with van der Waals surface area (Å²) in [5.41, 5.74) is 1.07. The molecule has 0 aliphatic carbocycles. The van der Waals surface area contributed by atoms with Gasteiger partial charge in [0.05, 0.1) is 5.75 Å². The van der Waals surface area contributed by atoms with Crippen molar-refractivity contribution in [1.82, 2.24) is 19.9 Å². The zero-order valence-electron chi connectivity index (χ0n) is 17.3. The second-order valence-corrected chi connectivity index (χ2v) is 9.21. The van der Waals surface area contributed by atoms with Crippen LogP contribution in [-0.4, -0.2) is 57.9 Å². The molecule has 1 aromatic heterocycles. The molecule has 0 unspecified atom stereocenters. The molecule has 1 aliphatic heterocycles. The molecule has 0 radical (unpaired) electrons. The molecule has 0 N–H and O–H groups in total. The Kier molecular flexibility index (Phi) is 7.03. The maximum absolute atomic E-state index is 12.9. The molecular formula is C22H20Cl2N4O3S. The molecule has 2 amide bonds. The van der Waals surface area contributed by atoms with Gasteiger partial charge in [-0.2, -0.15) is 4.98 Å². The van der Waals surface area contributed by atoms with Crippen molar-refractivity contribution in [2.45, 2.75) is 17.6 Å². The highest BCUT2D eigenvalue weighted by molar-refractivity contribution is 7.98. The van der Waals surface area contributed by atoms with E-state index >= 15 is 0 Å². The minimum atomic E-state index is -0.140. The van der Waals surface area contributed by atoms with Crippen molar-refractivity contribution in [2.75, 3.05) is 26.2 Å². The van der Waals surface area contributed by atoms with Crippen molar-refractivity contribution < 1.29 is 14.1 Å². The first-order valence-electron chi connectivity index (χ1n) is 9.96. The highest BCUT2D eigenvalue weighted by Gasteiger charge is 2.26. The van der Waals surface area contributed by atoms with E-state index in [2.05, 4.69) is 10.1 Å². The quantitative estimate of drug-likeness (QED) is 0.487. The predicted octanol–water partition coefficient (Wildman–Crippen LogP) is 4.58. The van der Waals surface area contributed by atoms with Crippen LogP contribution in [-0.2, 0) is 5.75 Å². The molecule has 2 heterocycles. The third kappa shape index (κ3) is 5.43. The molecule has 0 saturated carbocycles. The van der Waals surface area contributed by atoms with Gasteiger partial charge < -0.3 is 14.3 Å². The van der Waals surface area contributed by atoms with E-state index in [-0.39, 0.29) is 11.8 Å². The Morgan fingerprint density at radius 1 is 0.938 bits per heavy atom. The van der Waals surface area contributed by atoms with Gasteiger partial charge in [-0.05, 0) is 49.4 Å². The lowest BCUT2D eigenvalue weighted by Crippen LogP contribution is -2.50. The molecule has 0 atom stereocenters. The summed E-state index contributed by atoms with van der Waals surface area (Å²) in [6.45, 7) is 3.61. The summed E-state index contributed by atoms with van der Waals surface area (Å²) in [4.78, 5) is 34.3. The predicted molar refractivity (Wildman–Crippen MR) is 123 cm³/mol. The Morgan fingerprint density at radius 2 is 1.50 bits per heavy atom. The van der Waals surface area contributed by atoms with Gasteiger partial charge in [0.15, 0.2) is 5.82 Å². The van der Waals surface area contributed by atoms with Crippen LogP contribution in [0.3, 0.4) is 0 Å². The molecule has 3 aromatic rings. The Hall–Kier alpha value is -2.55. The first-order chi connectivity index (χ1) is 15.4. The van der Waals surface area contributed by atoms with Crippen LogP contribution in [0.5, 0.6) is 0 Å². The number of aromatic nitrogens is 2. The van der Waals surface area contributed by atoms with Crippen LogP contribution in [0.1, 0.15) is 32.4 Å². The van der Waals surface area contributed by atoms with Gasteiger partial charge >= 0.3 is 0 Å². The maximum Gasteiger partial charge on any atom is 0.254 e. The highest BCUT2D eigenvalue weighted by Crippen LogP contribution is 2.24. The highest BCUT2D eigenvalue weighted by atomic mass is 35.5. The van der Waals surface area contributed by atoms with Gasteiger partial charge in [0.25, 0.3) is 11.8 Å². The van der Waals surface area contributed by atoms with Gasteiger partial charge in [0.1, 0.15) is 0 Å². The van der Waals surface area contributed by atoms with Crippen LogP contribution in [0, 0.1) is 6.92 Å². The lowest BCUT2D eigenvalue weighted by atomic mass is 10.1. The fourth-order valence-electron chi connectivity index (χ4n) is 3.39. The number of benzene rings is 2. The van der Waals surface area contributed by atoms with Crippen molar-refractivity contribution >= 4 is 46.8 Å². The Bertz CT molecular complexity index is 1110. The first kappa shape index (κ1) is 22.6. The Labute approximate surface area is 199 Å². The standard InChI is InChI=1S/C22H20Cl2N4O3S/c1-14-25-20(31-26-14)13-32-19-4-2-15(3-5-19)21(29)27-6-8-28(9-7-27)22(30)16-10-17(23)12-18(24)11-16/h2-5,10-12H,6-9,13H2,1H3. The summed E-state index contributed by atoms with van der Waals surface area (Å²) in [7, 11) is 0. The van der Waals surface area contributed by atoms with Gasteiger partial charge in [-0.3, -0.25) is 9.59 Å². The SMILES string of the molecule is Cc1noc(CSc2ccc(C(=O)N3CCN(C(=O)c4cc(Cl)cc(Cl)c4)CC3)cc2)n1. The Balaban J connectivity index is 1.31. The monoisotopic (exact) mass is 490 g/mol. The number of thioether (sulfide) groups is 1. The fraction of sp³-hybridized carbons (Fsp3) is 0.273. The van der Waals surface area contributed by atoms with Gasteiger partial charge in [-0.25, -0.2) is 0 Å². The molecule has 4 rings (SSSR count). The maximum atomic E-state index is 12.9. The van der Waals surface area contributed by atoms with Crippen molar-refractivity contribution in [2.24, 2.45) is 0 Å². The normalized spacial score (nSPS) is 14.0. The molecule has 32 heavy (non-hydrogen) atoms. The van der Waals surface area contributed by atoms with Crippen molar-refractivity contribution in [3.8, 4) is 0 Å². The number of aryl methyl sites for hydroxylation is 1. The summed E-state index contributed by atoms with van der Waals surface area (Å²) in [5, 5.41) is 4.61. The smallest absolute Gasteiger partial charge is 0.254 e. The second kappa shape index (κ2) is 9.94. The zero-order chi connectivity index (χ0) is 22.7. The number of nitrogens with zero attached hydrogens (tertiary/aromatic N) is 4. The van der Waals surface area contributed by atoms with Gasteiger partial charge in [0.2, 0.25) is 5.89 Å². The number of rotatable bonds is 5. The van der Waals surface area contributed by atoms with Crippen LogP contribution in [0.4, 0.5) is 0 Å². The summed E-state index contributed by atoms with van der Waals surface area (Å²) < 4.78 is 5.11. The van der Waals surface area contributed by atoms with Crippen molar-refractivity contribution in [3.05, 3.63) is 75.4 Å². The van der Waals surface area contributed by atoms with Crippen LogP contribution in [0.2, 0.25) is 10.0 Å². The molecule has 10 heteroatoms. The zero-order valence-corrected chi connectivity index (χ0v) is 19.6. The topological polar surface area (TPSA) is 79.5 Å². The van der Waals surface area contributed by atoms with E-state index in [0.29, 0.717) is 64.8 Å². The number of hydrogen-bond acceptors (Lipinski definition) is 6. The minimum Gasteiger partial charge on any atom is -0.338 e. The van der Waals surface area contributed by atoms with Crippen LogP contribution in [0.25, 0.3) is 0 Å². The fourth-order valence-corrected chi connectivity index (χ4v) is 4.65. The van der Waals surface area contributed by atoms with Crippen LogP contribution < -0.4 is 0 Å². The summed E-state index contributed by atoms with van der Waals surface area (Å²) in [5.74, 6) is 1.56. The molecule has 2 aromatic carbocycles. The number of amides is 2. The average molecular weight is 491 g/mol. The minimum absolute atomic E-state index is 0.0491. The van der Waals surface area contributed by atoms with E-state index in [9.17, 15) is 9.59 Å². The first-order valence-corrected chi connectivity index (χ1v) is 11.7. The molecule has 1 fully saturated rings.